The number of anilines is 1. The van der Waals surface area contributed by atoms with Crippen LogP contribution in [0, 0.1) is 0 Å². The number of nitrogens with zero attached hydrogens (tertiary/aromatic N) is 3. The first-order valence-electron chi connectivity index (χ1n) is 11.0. The first-order chi connectivity index (χ1) is 16.6. The number of rotatable bonds is 9. The van der Waals surface area contributed by atoms with Crippen LogP contribution in [0.25, 0.3) is 0 Å². The molecule has 3 aromatic rings. The van der Waals surface area contributed by atoms with E-state index in [1.807, 2.05) is 40.6 Å². The molecule has 2 aromatic carbocycles. The van der Waals surface area contributed by atoms with Crippen molar-refractivity contribution in [2.75, 3.05) is 52.4 Å². The van der Waals surface area contributed by atoms with Crippen LogP contribution in [0.2, 0.25) is 0 Å². The Labute approximate surface area is 208 Å². The molecule has 1 aromatic heterocycles. The van der Waals surface area contributed by atoms with Crippen LogP contribution >= 0.6 is 23.1 Å². The molecular formula is C25H29N3O4S2. The van der Waals surface area contributed by atoms with Crippen molar-refractivity contribution in [2.45, 2.75) is 16.5 Å². The van der Waals surface area contributed by atoms with Gasteiger partial charge in [-0.25, -0.2) is 4.98 Å². The fraction of sp³-hybridized carbons (Fsp3) is 0.360. The summed E-state index contributed by atoms with van der Waals surface area (Å²) in [5, 5.41) is 1.99. The summed E-state index contributed by atoms with van der Waals surface area (Å²) in [6, 6.07) is 13.9. The number of benzene rings is 2. The molecular weight excluding hydrogens is 470 g/mol. The zero-order chi connectivity index (χ0) is 23.9. The van der Waals surface area contributed by atoms with E-state index in [4.69, 9.17) is 14.2 Å². The molecule has 7 nitrogen and oxygen atoms in total. The third kappa shape index (κ3) is 6.15. The number of amides is 1. The molecule has 1 amide bonds. The van der Waals surface area contributed by atoms with Crippen molar-refractivity contribution in [1.29, 1.82) is 0 Å². The quantitative estimate of drug-likeness (QED) is 0.406. The highest BCUT2D eigenvalue weighted by Gasteiger charge is 2.22. The Morgan fingerprint density at radius 3 is 2.21 bits per heavy atom. The van der Waals surface area contributed by atoms with Gasteiger partial charge in [-0.2, -0.15) is 0 Å². The second kappa shape index (κ2) is 11.5. The number of methoxy groups -OCH3 is 3. The maximum Gasteiger partial charge on any atom is 0.228 e. The molecule has 1 saturated heterocycles. The molecule has 0 radical (unpaired) electrons. The lowest BCUT2D eigenvalue weighted by Crippen LogP contribution is -2.49. The van der Waals surface area contributed by atoms with E-state index in [1.165, 1.54) is 0 Å². The predicted molar refractivity (Wildman–Crippen MR) is 137 cm³/mol. The summed E-state index contributed by atoms with van der Waals surface area (Å²) in [5.41, 5.74) is 3.09. The van der Waals surface area contributed by atoms with Gasteiger partial charge in [0.1, 0.15) is 21.6 Å². The van der Waals surface area contributed by atoms with Gasteiger partial charge >= 0.3 is 0 Å². The summed E-state index contributed by atoms with van der Waals surface area (Å²) >= 11 is 3.23. The van der Waals surface area contributed by atoms with Crippen LogP contribution in [0.15, 0.2) is 52.2 Å². The summed E-state index contributed by atoms with van der Waals surface area (Å²) in [6.07, 6.45) is 0.340. The average Bonchev–Trinajstić information content (AvgIpc) is 3.34. The smallest absolute Gasteiger partial charge is 0.228 e. The Morgan fingerprint density at radius 2 is 1.59 bits per heavy atom. The van der Waals surface area contributed by atoms with E-state index in [-0.39, 0.29) is 5.91 Å². The van der Waals surface area contributed by atoms with Gasteiger partial charge in [-0.1, -0.05) is 11.8 Å². The fourth-order valence-corrected chi connectivity index (χ4v) is 5.58. The van der Waals surface area contributed by atoms with E-state index >= 15 is 0 Å². The zero-order valence-corrected chi connectivity index (χ0v) is 21.3. The Morgan fingerprint density at radius 1 is 0.941 bits per heavy atom. The van der Waals surface area contributed by atoms with E-state index in [0.29, 0.717) is 19.5 Å². The van der Waals surface area contributed by atoms with Gasteiger partial charge in [-0.05, 0) is 42.0 Å². The second-order valence-electron chi connectivity index (χ2n) is 7.86. The second-order valence-corrected chi connectivity index (χ2v) is 9.94. The molecule has 1 fully saturated rings. The van der Waals surface area contributed by atoms with Crippen molar-refractivity contribution >= 4 is 34.7 Å². The van der Waals surface area contributed by atoms with E-state index in [1.54, 1.807) is 44.4 Å². The molecule has 0 saturated carbocycles. The van der Waals surface area contributed by atoms with Gasteiger partial charge < -0.3 is 24.0 Å². The minimum absolute atomic E-state index is 0.133. The summed E-state index contributed by atoms with van der Waals surface area (Å²) in [5.74, 6) is 3.28. The first-order valence-corrected chi connectivity index (χ1v) is 12.9. The van der Waals surface area contributed by atoms with Crippen molar-refractivity contribution in [3.8, 4) is 17.2 Å². The molecule has 0 atom stereocenters. The Kier molecular flexibility index (Phi) is 8.18. The molecule has 34 heavy (non-hydrogen) atoms. The van der Waals surface area contributed by atoms with Crippen LogP contribution in [-0.4, -0.2) is 63.3 Å². The molecule has 1 aliphatic heterocycles. The molecule has 1 aliphatic rings. The Bertz CT molecular complexity index is 1070. The summed E-state index contributed by atoms with van der Waals surface area (Å²) in [6.45, 7) is 3.07. The Balaban J connectivity index is 1.26. The van der Waals surface area contributed by atoms with Crippen LogP contribution in [-0.2, 0) is 17.0 Å². The normalized spacial score (nSPS) is 13.6. The number of thiazole rings is 1. The van der Waals surface area contributed by atoms with Crippen molar-refractivity contribution in [2.24, 2.45) is 0 Å². The number of hydrogen-bond donors (Lipinski definition) is 0. The molecule has 9 heteroatoms. The lowest BCUT2D eigenvalue weighted by atomic mass is 10.2. The number of carbonyl (C=O) groups is 1. The van der Waals surface area contributed by atoms with Crippen LogP contribution in [0.1, 0.15) is 11.3 Å². The summed E-state index contributed by atoms with van der Waals surface area (Å²) in [4.78, 5) is 21.8. The maximum absolute atomic E-state index is 12.8. The minimum atomic E-state index is 0.133. The zero-order valence-electron chi connectivity index (χ0n) is 19.7. The lowest BCUT2D eigenvalue weighted by Gasteiger charge is -2.36. The number of piperazine rings is 1. The minimum Gasteiger partial charge on any atom is -0.497 e. The van der Waals surface area contributed by atoms with Crippen molar-refractivity contribution < 1.29 is 19.0 Å². The van der Waals surface area contributed by atoms with Crippen LogP contribution in [0.3, 0.4) is 0 Å². The van der Waals surface area contributed by atoms with E-state index in [2.05, 4.69) is 22.0 Å². The molecule has 0 N–H and O–H groups in total. The summed E-state index contributed by atoms with van der Waals surface area (Å²) in [7, 11) is 4.96. The van der Waals surface area contributed by atoms with Crippen molar-refractivity contribution in [3.05, 3.63) is 59.1 Å². The third-order valence-corrected chi connectivity index (χ3v) is 7.85. The maximum atomic E-state index is 12.8. The van der Waals surface area contributed by atoms with Gasteiger partial charge in [-0.15, -0.1) is 11.3 Å². The number of ether oxygens (including phenoxy) is 3. The molecule has 0 unspecified atom stereocenters. The fourth-order valence-electron chi connectivity index (χ4n) is 3.80. The average molecular weight is 500 g/mol. The number of aromatic nitrogens is 1. The van der Waals surface area contributed by atoms with Crippen molar-refractivity contribution in [3.63, 3.8) is 0 Å². The van der Waals surface area contributed by atoms with Gasteiger partial charge in [0.15, 0.2) is 0 Å². The highest BCUT2D eigenvalue weighted by atomic mass is 32.2. The number of thioether (sulfide) groups is 1. The molecule has 0 aliphatic carbocycles. The lowest BCUT2D eigenvalue weighted by molar-refractivity contribution is -0.130. The molecule has 2 heterocycles. The standard InChI is InChI=1S/C25H29N3O4S2/c1-30-21-6-4-20(5-7-21)27-8-10-28(11-9-27)24(29)14-19-17-34-25(26-19)33-16-18-12-22(31-2)15-23(13-18)32-3/h4-7,12-13,15,17H,8-11,14,16H2,1-3H3. The van der Waals surface area contributed by atoms with Gasteiger partial charge in [0.05, 0.1) is 33.4 Å². The van der Waals surface area contributed by atoms with E-state index < -0.39 is 0 Å². The van der Waals surface area contributed by atoms with Crippen molar-refractivity contribution in [1.82, 2.24) is 9.88 Å². The van der Waals surface area contributed by atoms with Gasteiger partial charge in [0, 0.05) is 49.1 Å². The van der Waals surface area contributed by atoms with Crippen LogP contribution < -0.4 is 19.1 Å². The molecule has 4 rings (SSSR count). The Hall–Kier alpha value is -2.91. The van der Waals surface area contributed by atoms with Gasteiger partial charge in [-0.3, -0.25) is 4.79 Å². The monoisotopic (exact) mass is 499 g/mol. The SMILES string of the molecule is COc1ccc(N2CCN(C(=O)Cc3csc(SCc4cc(OC)cc(OC)c4)n3)CC2)cc1. The largest absolute Gasteiger partial charge is 0.497 e. The number of hydrogen-bond acceptors (Lipinski definition) is 8. The van der Waals surface area contributed by atoms with Crippen LogP contribution in [0.4, 0.5) is 5.69 Å². The predicted octanol–water partition coefficient (Wildman–Crippen LogP) is 4.35. The van der Waals surface area contributed by atoms with Gasteiger partial charge in [0.2, 0.25) is 5.91 Å². The topological polar surface area (TPSA) is 64.1 Å². The van der Waals surface area contributed by atoms with E-state index in [9.17, 15) is 4.79 Å². The van der Waals surface area contributed by atoms with Gasteiger partial charge in [0.25, 0.3) is 0 Å². The highest BCUT2D eigenvalue weighted by Crippen LogP contribution is 2.30. The van der Waals surface area contributed by atoms with E-state index in [0.717, 1.165) is 57.4 Å². The highest BCUT2D eigenvalue weighted by molar-refractivity contribution is 8.00. The third-order valence-electron chi connectivity index (χ3n) is 5.71. The molecule has 0 spiro atoms. The summed E-state index contributed by atoms with van der Waals surface area (Å²) < 4.78 is 16.9. The molecule has 0 bridgehead atoms. The molecule has 180 valence electrons. The van der Waals surface area contributed by atoms with Crippen LogP contribution in [0.5, 0.6) is 17.2 Å². The first kappa shape index (κ1) is 24.2. The number of carbonyl (C=O) groups excluding carboxylic acids is 1.